The third-order valence-electron chi connectivity index (χ3n) is 21.2. The molecule has 0 saturated carbocycles. The summed E-state index contributed by atoms with van der Waals surface area (Å²) < 4.78 is 162. The van der Waals surface area contributed by atoms with Crippen LogP contribution in [0.2, 0.25) is 0 Å². The monoisotopic (exact) mass is 2070 g/mol. The summed E-state index contributed by atoms with van der Waals surface area (Å²) in [5.41, 5.74) is 0.488. The first kappa shape index (κ1) is 121. The SMILES string of the molecule is CC(=O)OC[C@H]1O[C@H](OCC(CO[C@H]2O[C@H](CO)[C@@H](O)[C@H](O)[C@@H]2O)(CO[C@H]2O[C@H](COC(C)=O)[C@@H](OC(C)=O)[C@H](OC(C)=O)[C@@H]2OC(C)=O)NC(=O)CCN(CCC(=O)NC(CO[C@H]2O[C@H](CO)[C@@H](O)[C@H](O)[C@@H]2O)(CO[C@H]2O[C@H](COC(C)=O)[C@@H](OC(C)=O)[C@H](OC(C)=O)[C@@H]2OC(C)=O)CO[C@H]2O[C@H](COC(C)=O)[C@@H](OC(C)=O)[C@H](OC(C)=O)[C@@H]2OC(C)=O)C(=O)CN)[C@@H](OC(C)=O)[C@@H](OC(C)=O)[C@@H]1OC(C)=O. The Labute approximate surface area is 814 Å². The summed E-state index contributed by atoms with van der Waals surface area (Å²) in [5, 5.41) is 93.1. The zero-order chi connectivity index (χ0) is 107. The van der Waals surface area contributed by atoms with Gasteiger partial charge in [-0.25, -0.2) is 0 Å². The molecule has 6 rings (SSSR count). The second-order valence-corrected chi connectivity index (χ2v) is 33.3. The minimum atomic E-state index is -2.77. The molecule has 12 N–H and O–H groups in total. The summed E-state index contributed by atoms with van der Waals surface area (Å²) in [7, 11) is 0. The third-order valence-corrected chi connectivity index (χ3v) is 21.2. The van der Waals surface area contributed by atoms with Crippen LogP contribution in [0.1, 0.15) is 124 Å². The normalized spacial score (nSPS) is 30.9. The van der Waals surface area contributed by atoms with E-state index >= 15 is 9.59 Å². The molecular formula is C84H124N4O55. The second-order valence-electron chi connectivity index (χ2n) is 33.3. The van der Waals surface area contributed by atoms with E-state index in [0.29, 0.717) is 0 Å². The van der Waals surface area contributed by atoms with Crippen LogP contribution in [0.5, 0.6) is 0 Å². The van der Waals surface area contributed by atoms with E-state index in [1.54, 1.807) is 0 Å². The lowest BCUT2D eigenvalue weighted by atomic mass is 9.97. The number of hydrogen-bond acceptors (Lipinski definition) is 56. The molecule has 0 bridgehead atoms. The number of hydrogen-bond donors (Lipinski definition) is 11. The lowest BCUT2D eigenvalue weighted by Crippen LogP contribution is -2.67. The minimum Gasteiger partial charge on any atom is -0.463 e. The number of nitrogens with one attached hydrogen (secondary N) is 2. The van der Waals surface area contributed by atoms with E-state index in [2.05, 4.69) is 10.6 Å². The summed E-state index contributed by atoms with van der Waals surface area (Å²) >= 11 is 0. The summed E-state index contributed by atoms with van der Waals surface area (Å²) in [6.45, 7) is -2.47. The van der Waals surface area contributed by atoms with Gasteiger partial charge in [-0.1, -0.05) is 0 Å². The first-order valence-electron chi connectivity index (χ1n) is 44.2. The van der Waals surface area contributed by atoms with Crippen LogP contribution in [0.4, 0.5) is 0 Å². The number of aliphatic hydroxyl groups excluding tert-OH is 8. The van der Waals surface area contributed by atoms with Crippen LogP contribution in [0.15, 0.2) is 0 Å². The summed E-state index contributed by atoms with van der Waals surface area (Å²) in [6.07, 6.45) is -63.9. The van der Waals surface area contributed by atoms with E-state index in [0.717, 1.165) is 116 Å². The molecule has 30 atom stereocenters. The number of nitrogens with two attached hydrogens (primary N) is 1. The Bertz CT molecular complexity index is 3910. The number of amides is 3. The first-order chi connectivity index (χ1) is 67.0. The third kappa shape index (κ3) is 37.0. The fourth-order valence-electron chi connectivity index (χ4n) is 15.3. The van der Waals surface area contributed by atoms with Crippen molar-refractivity contribution in [3.05, 3.63) is 0 Å². The molecule has 0 radical (unpaired) electrons. The van der Waals surface area contributed by atoms with Gasteiger partial charge in [-0.05, 0) is 0 Å². The Hall–Kier alpha value is -10.9. The fourth-order valence-corrected chi connectivity index (χ4v) is 15.3. The molecule has 59 heteroatoms. The van der Waals surface area contributed by atoms with Crippen molar-refractivity contribution >= 4 is 113 Å². The molecule has 3 amide bonds. The minimum absolute atomic E-state index is 0.751. The number of esters is 16. The molecule has 0 aliphatic carbocycles. The number of carbonyl (C=O) groups excluding carboxylic acids is 19. The lowest BCUT2D eigenvalue weighted by molar-refractivity contribution is -0.327. The molecule has 6 heterocycles. The zero-order valence-electron chi connectivity index (χ0n) is 80.6. The summed E-state index contributed by atoms with van der Waals surface area (Å²) in [6, 6.07) is 0. The van der Waals surface area contributed by atoms with Gasteiger partial charge in [-0.15, -0.1) is 0 Å². The average molecular weight is 2070 g/mol. The van der Waals surface area contributed by atoms with Gasteiger partial charge in [0.1, 0.15) is 111 Å². The van der Waals surface area contributed by atoms with Gasteiger partial charge >= 0.3 is 95.5 Å². The average Bonchev–Trinajstić information content (AvgIpc) is 0.784. The van der Waals surface area contributed by atoms with Crippen LogP contribution < -0.4 is 16.4 Å². The van der Waals surface area contributed by atoms with E-state index in [1.807, 2.05) is 0 Å². The Balaban J connectivity index is 1.60. The van der Waals surface area contributed by atoms with Crippen LogP contribution >= 0.6 is 0 Å². The van der Waals surface area contributed by atoms with Gasteiger partial charge in [-0.2, -0.15) is 0 Å². The zero-order valence-corrected chi connectivity index (χ0v) is 80.6. The number of ether oxygens (including phenoxy) is 28. The van der Waals surface area contributed by atoms with Crippen molar-refractivity contribution in [3.63, 3.8) is 0 Å². The molecule has 6 aliphatic heterocycles. The van der Waals surface area contributed by atoms with Crippen LogP contribution in [-0.2, 0) is 224 Å². The van der Waals surface area contributed by atoms with E-state index in [1.165, 1.54) is 0 Å². The highest BCUT2D eigenvalue weighted by Crippen LogP contribution is 2.38. The van der Waals surface area contributed by atoms with Crippen molar-refractivity contribution < 1.29 is 265 Å². The van der Waals surface area contributed by atoms with E-state index in [-0.39, 0.29) is 0 Å². The van der Waals surface area contributed by atoms with Crippen LogP contribution in [0, 0.1) is 0 Å². The van der Waals surface area contributed by atoms with Crippen LogP contribution in [0.25, 0.3) is 0 Å². The van der Waals surface area contributed by atoms with Gasteiger partial charge in [0.25, 0.3) is 0 Å². The number of aliphatic hydroxyl groups is 8. The van der Waals surface area contributed by atoms with Crippen molar-refractivity contribution in [2.24, 2.45) is 5.73 Å². The highest BCUT2D eigenvalue weighted by molar-refractivity contribution is 5.82. The topological polar surface area (TPSA) is 798 Å². The quantitative estimate of drug-likeness (QED) is 0.0199. The second kappa shape index (κ2) is 56.5. The van der Waals surface area contributed by atoms with Gasteiger partial charge in [-0.3, -0.25) is 91.1 Å². The Morgan fingerprint density at radius 1 is 0.259 bits per heavy atom. The predicted molar refractivity (Wildman–Crippen MR) is 448 cm³/mol. The fraction of sp³-hybridized carbons (Fsp3) is 0.774. The van der Waals surface area contributed by atoms with Crippen molar-refractivity contribution in [2.45, 2.75) is 319 Å². The number of rotatable bonds is 49. The highest BCUT2D eigenvalue weighted by Gasteiger charge is 2.60. The maximum Gasteiger partial charge on any atom is 0.303 e. The predicted octanol–water partition coefficient (Wildman–Crippen LogP) is -9.70. The molecule has 6 aliphatic rings. The molecule has 6 fully saturated rings. The Kier molecular flexibility index (Phi) is 47.8. The van der Waals surface area contributed by atoms with Gasteiger partial charge in [0.15, 0.2) is 111 Å². The van der Waals surface area contributed by atoms with E-state index < -0.39 is 420 Å². The molecule has 0 spiro atoms. The lowest BCUT2D eigenvalue weighted by Gasteiger charge is -2.46. The van der Waals surface area contributed by atoms with E-state index in [9.17, 15) is 122 Å². The number of carbonyl (C=O) groups is 19. The van der Waals surface area contributed by atoms with Gasteiger partial charge in [0.2, 0.25) is 17.7 Å². The Morgan fingerprint density at radius 2 is 0.448 bits per heavy atom. The van der Waals surface area contributed by atoms with Gasteiger partial charge < -0.3 is 195 Å². The molecule has 0 aromatic carbocycles. The molecular weight excluding hydrogens is 1940 g/mol. The Morgan fingerprint density at radius 3 is 0.636 bits per heavy atom. The first-order valence-corrected chi connectivity index (χ1v) is 44.2. The molecule has 59 nitrogen and oxygen atoms in total. The highest BCUT2D eigenvalue weighted by atomic mass is 16.8. The van der Waals surface area contributed by atoms with Crippen molar-refractivity contribution in [1.29, 1.82) is 0 Å². The molecule has 6 saturated heterocycles. The van der Waals surface area contributed by atoms with Crippen LogP contribution in [0.3, 0.4) is 0 Å². The molecule has 0 aromatic rings. The molecule has 0 unspecified atom stereocenters. The maximum atomic E-state index is 15.6. The van der Waals surface area contributed by atoms with Crippen molar-refractivity contribution in [1.82, 2.24) is 15.5 Å². The van der Waals surface area contributed by atoms with Crippen LogP contribution in [-0.4, -0.2) is 453 Å². The smallest absolute Gasteiger partial charge is 0.303 e. The standard InChI is InChI=1S/C84H124N4O55/c1-34(91)116-24-52-65(126-38(5)95)69(130-42(9)99)73(134-46(13)103)79(140-52)122-30-83(28-120-77-63(114)61(112)59(110)50(22-89)138-77,31-123-80-74(135-47(14)104)70(131-43(10)100)66(127-39(6)96)53(141-80)25-117-35(2)92)86-56(107)17-19-88(58(109)21-85)20-18-57(108)87-84(29-121-78-64(115)62(113)60(111)51(23-90)139-78,32-124-81-75(136-48(15)105)71(132-44(11)101)67(128-40(7)97)54(142-81)26-118-36(3)93)33-125-82-76(137-49(16)106)72(133-45(12)102)68(129-41(8)98)55(143-82)27-119-37(4)94/h50-55,59-82,89-90,110-115H,17-33,85H2,1-16H3,(H,86,107)(H,87,108)/t50-,51-,52-,53-,54-,55-,59-,60-,61+,62+,63+,64+,65-,66-,67-,68-,69+,70+,71+,72+,73+,74+,75+,76+,77+,78+,79+,80+,81+,82+/m1/s1. The number of nitrogens with zero attached hydrogens (tertiary/aromatic N) is 1. The summed E-state index contributed by atoms with van der Waals surface area (Å²) in [4.78, 5) is 254. The van der Waals surface area contributed by atoms with Gasteiger partial charge in [0.05, 0.1) is 59.4 Å². The maximum absolute atomic E-state index is 15.6. The molecule has 0 aromatic heterocycles. The van der Waals surface area contributed by atoms with Crippen molar-refractivity contribution in [3.8, 4) is 0 Å². The molecule has 143 heavy (non-hydrogen) atoms. The summed E-state index contributed by atoms with van der Waals surface area (Å²) in [5.74, 6) is -21.6. The van der Waals surface area contributed by atoms with Gasteiger partial charge in [0, 0.05) is 137 Å². The molecule has 810 valence electrons. The van der Waals surface area contributed by atoms with E-state index in [4.69, 9.17) is 138 Å². The largest absolute Gasteiger partial charge is 0.463 e. The van der Waals surface area contributed by atoms with Crippen molar-refractivity contribution in [2.75, 3.05) is 98.9 Å².